The zero-order chi connectivity index (χ0) is 9.80. The molecule has 0 atom stereocenters. The first-order valence-corrected chi connectivity index (χ1v) is 4.92. The minimum atomic E-state index is 0.169. The van der Waals surface area contributed by atoms with Crippen LogP contribution in [-0.4, -0.2) is 34.4 Å². The van der Waals surface area contributed by atoms with E-state index in [1.165, 1.54) is 0 Å². The number of anilines is 1. The molecule has 0 aromatic carbocycles. The van der Waals surface area contributed by atoms with Crippen molar-refractivity contribution >= 4 is 17.4 Å². The Labute approximate surface area is 86.8 Å². The molecule has 5 nitrogen and oxygen atoms in total. The van der Waals surface area contributed by atoms with Crippen molar-refractivity contribution < 1.29 is 4.74 Å². The van der Waals surface area contributed by atoms with Gasteiger partial charge in [-0.1, -0.05) is 0 Å². The monoisotopic (exact) mass is 214 g/mol. The average Bonchev–Trinajstić information content (AvgIpc) is 2.19. The van der Waals surface area contributed by atoms with E-state index in [9.17, 15) is 0 Å². The number of rotatable bonds is 2. The van der Waals surface area contributed by atoms with Gasteiger partial charge in [-0.05, 0) is 24.4 Å². The number of nitrogens with one attached hydrogen (secondary N) is 1. The largest absolute Gasteiger partial charge is 0.381 e. The van der Waals surface area contributed by atoms with Gasteiger partial charge in [-0.2, -0.15) is 10.1 Å². The standard InChI is InChI=1S/C8H11ClN4O/c9-8-12-7(5-10-13-8)11-6-1-3-14-4-2-6/h5-6H,1-4H2,(H,11,12,13). The van der Waals surface area contributed by atoms with E-state index in [4.69, 9.17) is 16.3 Å². The lowest BCUT2D eigenvalue weighted by molar-refractivity contribution is 0.0904. The highest BCUT2D eigenvalue weighted by atomic mass is 35.5. The van der Waals surface area contributed by atoms with Crippen LogP contribution in [0.3, 0.4) is 0 Å². The fourth-order valence-electron chi connectivity index (χ4n) is 1.40. The van der Waals surface area contributed by atoms with Crippen molar-refractivity contribution in [2.45, 2.75) is 18.9 Å². The van der Waals surface area contributed by atoms with Crippen LogP contribution in [0.1, 0.15) is 12.8 Å². The molecule has 6 heteroatoms. The lowest BCUT2D eigenvalue weighted by Crippen LogP contribution is -2.28. The molecule has 0 bridgehead atoms. The van der Waals surface area contributed by atoms with E-state index in [1.807, 2.05) is 0 Å². The molecular formula is C8H11ClN4O. The average molecular weight is 215 g/mol. The number of hydrogen-bond donors (Lipinski definition) is 1. The Bertz CT molecular complexity index is 303. The minimum Gasteiger partial charge on any atom is -0.381 e. The maximum absolute atomic E-state index is 5.61. The number of nitrogens with zero attached hydrogens (tertiary/aromatic N) is 3. The summed E-state index contributed by atoms with van der Waals surface area (Å²) in [5.74, 6) is 0.678. The first-order chi connectivity index (χ1) is 6.84. The number of hydrogen-bond acceptors (Lipinski definition) is 5. The highest BCUT2D eigenvalue weighted by molar-refractivity contribution is 6.28. The van der Waals surface area contributed by atoms with E-state index in [2.05, 4.69) is 20.5 Å². The maximum atomic E-state index is 5.61. The van der Waals surface area contributed by atoms with Gasteiger partial charge in [0, 0.05) is 19.3 Å². The summed E-state index contributed by atoms with van der Waals surface area (Å²) in [7, 11) is 0. The van der Waals surface area contributed by atoms with Gasteiger partial charge in [-0.15, -0.1) is 5.10 Å². The molecule has 2 heterocycles. The zero-order valence-corrected chi connectivity index (χ0v) is 8.37. The Morgan fingerprint density at radius 1 is 1.43 bits per heavy atom. The van der Waals surface area contributed by atoms with Crippen LogP contribution in [0.4, 0.5) is 5.82 Å². The molecule has 2 rings (SSSR count). The van der Waals surface area contributed by atoms with Gasteiger partial charge in [0.1, 0.15) is 5.82 Å². The van der Waals surface area contributed by atoms with E-state index in [0.29, 0.717) is 11.9 Å². The summed E-state index contributed by atoms with van der Waals surface area (Å²) >= 11 is 5.61. The third-order valence-corrected chi connectivity index (χ3v) is 2.27. The van der Waals surface area contributed by atoms with Crippen molar-refractivity contribution in [3.63, 3.8) is 0 Å². The van der Waals surface area contributed by atoms with Crippen LogP contribution in [0.2, 0.25) is 5.28 Å². The molecule has 1 N–H and O–H groups in total. The van der Waals surface area contributed by atoms with Crippen LogP contribution in [0, 0.1) is 0 Å². The molecule has 1 aromatic rings. The van der Waals surface area contributed by atoms with Gasteiger partial charge in [0.15, 0.2) is 0 Å². The van der Waals surface area contributed by atoms with Gasteiger partial charge in [-0.25, -0.2) is 0 Å². The van der Waals surface area contributed by atoms with Crippen molar-refractivity contribution in [1.29, 1.82) is 0 Å². The smallest absolute Gasteiger partial charge is 0.244 e. The first kappa shape index (κ1) is 9.61. The van der Waals surface area contributed by atoms with Crippen LogP contribution in [0.25, 0.3) is 0 Å². The number of aromatic nitrogens is 3. The normalized spacial score (nSPS) is 18.1. The van der Waals surface area contributed by atoms with Crippen LogP contribution < -0.4 is 5.32 Å². The highest BCUT2D eigenvalue weighted by Crippen LogP contribution is 2.12. The molecule has 1 aliphatic heterocycles. The van der Waals surface area contributed by atoms with E-state index in [1.54, 1.807) is 6.20 Å². The summed E-state index contributed by atoms with van der Waals surface area (Å²) in [6.45, 7) is 1.59. The first-order valence-electron chi connectivity index (χ1n) is 4.54. The highest BCUT2D eigenvalue weighted by Gasteiger charge is 2.13. The lowest BCUT2D eigenvalue weighted by Gasteiger charge is -2.23. The predicted octanol–water partition coefficient (Wildman–Crippen LogP) is 1.12. The fraction of sp³-hybridized carbons (Fsp3) is 0.625. The lowest BCUT2D eigenvalue weighted by atomic mass is 10.1. The molecule has 1 aliphatic rings. The third-order valence-electron chi connectivity index (χ3n) is 2.11. The fourth-order valence-corrected chi connectivity index (χ4v) is 1.54. The van der Waals surface area contributed by atoms with E-state index in [0.717, 1.165) is 26.1 Å². The summed E-state index contributed by atoms with van der Waals surface area (Å²) < 4.78 is 5.25. The molecule has 14 heavy (non-hydrogen) atoms. The summed E-state index contributed by atoms with van der Waals surface area (Å²) in [6.07, 6.45) is 3.55. The Balaban J connectivity index is 1.95. The summed E-state index contributed by atoms with van der Waals surface area (Å²) in [6, 6.07) is 0.400. The van der Waals surface area contributed by atoms with Gasteiger partial charge < -0.3 is 10.1 Å². The Morgan fingerprint density at radius 3 is 2.93 bits per heavy atom. The molecule has 1 aromatic heterocycles. The third kappa shape index (κ3) is 2.52. The van der Waals surface area contributed by atoms with Gasteiger partial charge in [-0.3, -0.25) is 0 Å². The second-order valence-electron chi connectivity index (χ2n) is 3.14. The van der Waals surface area contributed by atoms with Crippen LogP contribution in [0.15, 0.2) is 6.20 Å². The molecule has 0 unspecified atom stereocenters. The van der Waals surface area contributed by atoms with Crippen LogP contribution in [0.5, 0.6) is 0 Å². The van der Waals surface area contributed by atoms with Crippen molar-refractivity contribution in [3.05, 3.63) is 11.5 Å². The molecule has 0 amide bonds. The molecule has 0 aliphatic carbocycles. The van der Waals surface area contributed by atoms with E-state index < -0.39 is 0 Å². The van der Waals surface area contributed by atoms with Gasteiger partial charge in [0.25, 0.3) is 0 Å². The van der Waals surface area contributed by atoms with Gasteiger partial charge in [0.05, 0.1) is 6.20 Å². The molecule has 0 spiro atoms. The summed E-state index contributed by atoms with van der Waals surface area (Å²) in [5, 5.41) is 10.7. The van der Waals surface area contributed by atoms with E-state index in [-0.39, 0.29) is 5.28 Å². The second kappa shape index (κ2) is 4.52. The summed E-state index contributed by atoms with van der Waals surface area (Å²) in [5.41, 5.74) is 0. The van der Waals surface area contributed by atoms with Gasteiger partial charge in [0.2, 0.25) is 5.28 Å². The second-order valence-corrected chi connectivity index (χ2v) is 3.48. The van der Waals surface area contributed by atoms with E-state index >= 15 is 0 Å². The molecule has 0 saturated carbocycles. The molecular weight excluding hydrogens is 204 g/mol. The van der Waals surface area contributed by atoms with Crippen molar-refractivity contribution in [2.24, 2.45) is 0 Å². The SMILES string of the molecule is Clc1nncc(NC2CCOCC2)n1. The quantitative estimate of drug-likeness (QED) is 0.800. The van der Waals surface area contributed by atoms with Crippen LogP contribution in [-0.2, 0) is 4.74 Å². The Kier molecular flexibility index (Phi) is 3.10. The Hall–Kier alpha value is -0.940. The Morgan fingerprint density at radius 2 is 2.21 bits per heavy atom. The van der Waals surface area contributed by atoms with Crippen molar-refractivity contribution in [3.8, 4) is 0 Å². The zero-order valence-electron chi connectivity index (χ0n) is 7.61. The molecule has 1 saturated heterocycles. The number of halogens is 1. The van der Waals surface area contributed by atoms with Crippen molar-refractivity contribution in [1.82, 2.24) is 15.2 Å². The molecule has 0 radical (unpaired) electrons. The van der Waals surface area contributed by atoms with Crippen molar-refractivity contribution in [2.75, 3.05) is 18.5 Å². The predicted molar refractivity (Wildman–Crippen MR) is 52.3 cm³/mol. The number of ether oxygens (including phenoxy) is 1. The molecule has 76 valence electrons. The molecule has 1 fully saturated rings. The topological polar surface area (TPSA) is 59.9 Å². The summed E-state index contributed by atoms with van der Waals surface area (Å²) in [4.78, 5) is 4.01. The maximum Gasteiger partial charge on any atom is 0.244 e. The van der Waals surface area contributed by atoms with Gasteiger partial charge >= 0.3 is 0 Å². The van der Waals surface area contributed by atoms with Crippen LogP contribution >= 0.6 is 11.6 Å². The minimum absolute atomic E-state index is 0.169.